The van der Waals surface area contributed by atoms with Crippen LogP contribution < -0.4 is 5.73 Å². The lowest BCUT2D eigenvalue weighted by Crippen LogP contribution is -2.34. The second-order valence-corrected chi connectivity index (χ2v) is 3.65. The fourth-order valence-electron chi connectivity index (χ4n) is 1.50. The Morgan fingerprint density at radius 2 is 2.29 bits per heavy atom. The minimum atomic E-state index is -0.0993. The number of anilines is 1. The minimum Gasteiger partial charge on any atom is -0.383 e. The van der Waals surface area contributed by atoms with Crippen molar-refractivity contribution in [2.24, 2.45) is 7.05 Å². The van der Waals surface area contributed by atoms with Crippen LogP contribution in [0.3, 0.4) is 0 Å². The average Bonchev–Trinajstić information content (AvgIpc) is 2.65. The zero-order valence-corrected chi connectivity index (χ0v) is 10.6. The van der Waals surface area contributed by atoms with Crippen LogP contribution in [0.25, 0.3) is 0 Å². The van der Waals surface area contributed by atoms with Crippen molar-refractivity contribution in [1.29, 1.82) is 0 Å². The van der Waals surface area contributed by atoms with Gasteiger partial charge in [0.1, 0.15) is 11.4 Å². The number of likely N-dealkylation sites (N-methyl/N-ethyl adjacent to an activating group) is 1. The molecule has 2 N–H and O–H groups in total. The zero-order valence-electron chi connectivity index (χ0n) is 10.6. The molecule has 0 bridgehead atoms. The van der Waals surface area contributed by atoms with Crippen molar-refractivity contribution in [3.05, 3.63) is 11.8 Å². The van der Waals surface area contributed by atoms with E-state index in [0.29, 0.717) is 37.7 Å². The Morgan fingerprint density at radius 3 is 2.76 bits per heavy atom. The average molecular weight is 240 g/mol. The van der Waals surface area contributed by atoms with Gasteiger partial charge in [-0.15, -0.1) is 0 Å². The maximum Gasteiger partial charge on any atom is 0.259 e. The third kappa shape index (κ3) is 3.20. The minimum absolute atomic E-state index is 0.0993. The molecule has 96 valence electrons. The van der Waals surface area contributed by atoms with E-state index in [1.165, 1.54) is 10.9 Å². The Hall–Kier alpha value is -1.56. The van der Waals surface area contributed by atoms with Gasteiger partial charge in [0.15, 0.2) is 0 Å². The van der Waals surface area contributed by atoms with E-state index < -0.39 is 0 Å². The number of aromatic nitrogens is 2. The molecule has 6 heteroatoms. The van der Waals surface area contributed by atoms with Crippen molar-refractivity contribution in [2.75, 3.05) is 32.0 Å². The molecule has 6 nitrogen and oxygen atoms in total. The van der Waals surface area contributed by atoms with Crippen LogP contribution in [0.2, 0.25) is 0 Å². The van der Waals surface area contributed by atoms with Gasteiger partial charge >= 0.3 is 0 Å². The molecule has 0 saturated heterocycles. The van der Waals surface area contributed by atoms with Gasteiger partial charge in [-0.25, -0.2) is 0 Å². The Balaban J connectivity index is 2.69. The third-order valence-electron chi connectivity index (χ3n) is 2.59. The molecule has 0 aliphatic carbocycles. The van der Waals surface area contributed by atoms with E-state index >= 15 is 0 Å². The number of hydrogen-bond acceptors (Lipinski definition) is 4. The Bertz CT molecular complexity index is 376. The fraction of sp³-hybridized carbons (Fsp3) is 0.636. The number of aryl methyl sites for hydroxylation is 1. The maximum absolute atomic E-state index is 12.1. The molecular weight excluding hydrogens is 220 g/mol. The summed E-state index contributed by atoms with van der Waals surface area (Å²) in [6.07, 6.45) is 1.50. The van der Waals surface area contributed by atoms with E-state index in [1.54, 1.807) is 11.9 Å². The molecule has 0 aromatic carbocycles. The van der Waals surface area contributed by atoms with E-state index in [4.69, 9.17) is 10.5 Å². The SMILES string of the molecule is CCOCCN(CC)C(=O)c1cnn(C)c1N. The van der Waals surface area contributed by atoms with Crippen LogP contribution in [0.4, 0.5) is 5.82 Å². The van der Waals surface area contributed by atoms with Gasteiger partial charge < -0.3 is 15.4 Å². The molecule has 1 heterocycles. The first-order valence-electron chi connectivity index (χ1n) is 5.76. The summed E-state index contributed by atoms with van der Waals surface area (Å²) >= 11 is 0. The van der Waals surface area contributed by atoms with Crippen LogP contribution in [0.1, 0.15) is 24.2 Å². The Morgan fingerprint density at radius 1 is 1.59 bits per heavy atom. The van der Waals surface area contributed by atoms with Gasteiger partial charge in [0.05, 0.1) is 12.8 Å². The lowest BCUT2D eigenvalue weighted by Gasteiger charge is -2.20. The summed E-state index contributed by atoms with van der Waals surface area (Å²) in [6.45, 7) is 6.24. The lowest BCUT2D eigenvalue weighted by atomic mass is 10.3. The summed E-state index contributed by atoms with van der Waals surface area (Å²) in [5.41, 5.74) is 6.22. The van der Waals surface area contributed by atoms with E-state index in [1.807, 2.05) is 13.8 Å². The van der Waals surface area contributed by atoms with Crippen LogP contribution in [-0.4, -0.2) is 46.9 Å². The number of amides is 1. The molecule has 0 unspecified atom stereocenters. The first kappa shape index (κ1) is 13.5. The second-order valence-electron chi connectivity index (χ2n) is 3.65. The standard InChI is InChI=1S/C11H20N4O2/c1-4-15(6-7-17-5-2)11(16)9-8-13-14(3)10(9)12/h8H,4-7,12H2,1-3H3. The monoisotopic (exact) mass is 240 g/mol. The summed E-state index contributed by atoms with van der Waals surface area (Å²) in [4.78, 5) is 13.8. The molecule has 1 aromatic heterocycles. The van der Waals surface area contributed by atoms with Crippen molar-refractivity contribution >= 4 is 11.7 Å². The van der Waals surface area contributed by atoms with Crippen molar-refractivity contribution < 1.29 is 9.53 Å². The molecule has 0 aliphatic heterocycles. The molecule has 1 aromatic rings. The van der Waals surface area contributed by atoms with Crippen molar-refractivity contribution in [3.8, 4) is 0 Å². The number of carbonyl (C=O) groups is 1. The van der Waals surface area contributed by atoms with Crippen LogP contribution in [-0.2, 0) is 11.8 Å². The lowest BCUT2D eigenvalue weighted by molar-refractivity contribution is 0.0670. The van der Waals surface area contributed by atoms with Gasteiger partial charge in [0, 0.05) is 26.7 Å². The summed E-state index contributed by atoms with van der Waals surface area (Å²) in [7, 11) is 1.71. The molecule has 0 aliphatic rings. The van der Waals surface area contributed by atoms with Crippen molar-refractivity contribution in [1.82, 2.24) is 14.7 Å². The van der Waals surface area contributed by atoms with E-state index in [0.717, 1.165) is 0 Å². The first-order valence-corrected chi connectivity index (χ1v) is 5.76. The summed E-state index contributed by atoms with van der Waals surface area (Å²) < 4.78 is 6.73. The number of carbonyl (C=O) groups excluding carboxylic acids is 1. The van der Waals surface area contributed by atoms with Gasteiger partial charge in [0.2, 0.25) is 0 Å². The highest BCUT2D eigenvalue weighted by molar-refractivity contribution is 5.98. The van der Waals surface area contributed by atoms with Gasteiger partial charge in [-0.3, -0.25) is 9.48 Å². The molecule has 1 amide bonds. The van der Waals surface area contributed by atoms with Crippen LogP contribution in [0.15, 0.2) is 6.20 Å². The topological polar surface area (TPSA) is 73.4 Å². The smallest absolute Gasteiger partial charge is 0.259 e. The predicted molar refractivity (Wildman–Crippen MR) is 65.7 cm³/mol. The third-order valence-corrected chi connectivity index (χ3v) is 2.59. The molecule has 0 fully saturated rings. The van der Waals surface area contributed by atoms with E-state index in [-0.39, 0.29) is 5.91 Å². The van der Waals surface area contributed by atoms with Gasteiger partial charge in [-0.05, 0) is 13.8 Å². The number of ether oxygens (including phenoxy) is 1. The quantitative estimate of drug-likeness (QED) is 0.735. The zero-order chi connectivity index (χ0) is 12.8. The highest BCUT2D eigenvalue weighted by atomic mass is 16.5. The Kier molecular flexibility index (Phi) is 4.96. The van der Waals surface area contributed by atoms with Gasteiger partial charge in [-0.1, -0.05) is 0 Å². The Labute approximate surface area is 101 Å². The normalized spacial score (nSPS) is 10.5. The summed E-state index contributed by atoms with van der Waals surface area (Å²) in [5.74, 6) is 0.294. The summed E-state index contributed by atoms with van der Waals surface area (Å²) in [5, 5.41) is 3.96. The van der Waals surface area contributed by atoms with E-state index in [9.17, 15) is 4.79 Å². The number of rotatable bonds is 6. The number of nitrogen functional groups attached to an aromatic ring is 1. The molecule has 0 spiro atoms. The maximum atomic E-state index is 12.1. The van der Waals surface area contributed by atoms with Crippen LogP contribution in [0, 0.1) is 0 Å². The fourth-order valence-corrected chi connectivity index (χ4v) is 1.50. The van der Waals surface area contributed by atoms with Gasteiger partial charge in [-0.2, -0.15) is 5.10 Å². The van der Waals surface area contributed by atoms with Crippen LogP contribution >= 0.6 is 0 Å². The van der Waals surface area contributed by atoms with Crippen LogP contribution in [0.5, 0.6) is 0 Å². The molecular formula is C11H20N4O2. The number of nitrogens with zero attached hydrogens (tertiary/aromatic N) is 3. The first-order chi connectivity index (χ1) is 8.11. The number of nitrogens with two attached hydrogens (primary N) is 1. The largest absolute Gasteiger partial charge is 0.383 e. The molecule has 1 rings (SSSR count). The highest BCUT2D eigenvalue weighted by Gasteiger charge is 2.19. The predicted octanol–water partition coefficient (Wildman–Crippen LogP) is 0.501. The number of hydrogen-bond donors (Lipinski definition) is 1. The van der Waals surface area contributed by atoms with Crippen molar-refractivity contribution in [2.45, 2.75) is 13.8 Å². The highest BCUT2D eigenvalue weighted by Crippen LogP contribution is 2.12. The molecule has 0 atom stereocenters. The second kappa shape index (κ2) is 6.24. The molecule has 17 heavy (non-hydrogen) atoms. The summed E-state index contributed by atoms with van der Waals surface area (Å²) in [6, 6.07) is 0. The van der Waals surface area contributed by atoms with Gasteiger partial charge in [0.25, 0.3) is 5.91 Å². The van der Waals surface area contributed by atoms with Crippen molar-refractivity contribution in [3.63, 3.8) is 0 Å². The van der Waals surface area contributed by atoms with E-state index in [2.05, 4.69) is 5.10 Å². The molecule has 0 saturated carbocycles. The molecule has 0 radical (unpaired) electrons.